The van der Waals surface area contributed by atoms with Gasteiger partial charge in [-0.15, -0.1) is 0 Å². The number of ether oxygens (including phenoxy) is 2. The van der Waals surface area contributed by atoms with Crippen molar-refractivity contribution in [3.63, 3.8) is 0 Å². The highest BCUT2D eigenvalue weighted by atomic mass is 16.6. The molecule has 50 heavy (non-hydrogen) atoms. The molecule has 0 radical (unpaired) electrons. The third-order valence-corrected chi connectivity index (χ3v) is 6.69. The maximum absolute atomic E-state index is 11.7. The molecule has 0 saturated heterocycles. The number of aromatic nitrogens is 1. The van der Waals surface area contributed by atoms with Gasteiger partial charge in [0.05, 0.1) is 6.10 Å². The van der Waals surface area contributed by atoms with Crippen molar-refractivity contribution < 1.29 is 48.8 Å². The van der Waals surface area contributed by atoms with E-state index in [2.05, 4.69) is 14.7 Å². The number of esters is 3. The number of carbonyl (C=O) groups is 5. The van der Waals surface area contributed by atoms with E-state index in [0.717, 1.165) is 29.3 Å². The quantitative estimate of drug-likeness (QED) is 0.0236. The summed E-state index contributed by atoms with van der Waals surface area (Å²) in [5.74, 6) is -4.79. The maximum atomic E-state index is 11.7. The molecule has 282 valence electrons. The number of aromatic amines is 1. The van der Waals surface area contributed by atoms with Crippen molar-refractivity contribution in [2.24, 2.45) is 50.9 Å². The monoisotopic (exact) mass is 712 g/mol. The Morgan fingerprint density at radius 1 is 0.820 bits per heavy atom. The zero-order valence-electron chi connectivity index (χ0n) is 28.0. The molecule has 0 bridgehead atoms. The lowest BCUT2D eigenvalue weighted by molar-refractivity contribution is -0.163. The molecule has 0 aliphatic heterocycles. The number of hydrogen-bond donors (Lipinski definition) is 12. The van der Waals surface area contributed by atoms with Crippen LogP contribution in [0.15, 0.2) is 35.5 Å². The van der Waals surface area contributed by atoms with E-state index in [4.69, 9.17) is 65.9 Å². The molecule has 2 rings (SSSR count). The van der Waals surface area contributed by atoms with E-state index in [0.29, 0.717) is 32.4 Å². The Labute approximate surface area is 288 Å². The number of aliphatic hydroxyl groups excluding tert-OH is 1. The van der Waals surface area contributed by atoms with E-state index in [-0.39, 0.29) is 12.4 Å². The number of rotatable bonds is 18. The molecule has 0 fully saturated rings. The van der Waals surface area contributed by atoms with Crippen LogP contribution in [0.4, 0.5) is 0 Å². The molecular weight excluding hydrogens is 660 g/mol. The summed E-state index contributed by atoms with van der Waals surface area (Å²) in [6.45, 7) is 1.85. The van der Waals surface area contributed by atoms with E-state index in [1.165, 1.54) is 6.92 Å². The van der Waals surface area contributed by atoms with Gasteiger partial charge in [0, 0.05) is 30.1 Å². The summed E-state index contributed by atoms with van der Waals surface area (Å²) in [5.41, 5.74) is 44.4. The third kappa shape index (κ3) is 18.7. The number of nitrogens with zero attached hydrogens (tertiary/aromatic N) is 1. The molecule has 0 saturated carbocycles. The second-order valence-corrected chi connectivity index (χ2v) is 11.0. The number of aliphatic carboxylic acids is 2. The number of nitrogens with two attached hydrogens (primary N) is 8. The normalized spacial score (nSPS) is 14.2. The van der Waals surface area contributed by atoms with Gasteiger partial charge >= 0.3 is 29.8 Å². The molecular formula is C30H52N10O10. The number of nitrogens with one attached hydrogen (secondary N) is 1. The number of carbonyl (C=O) groups excluding carboxylic acids is 3. The van der Waals surface area contributed by atoms with Crippen molar-refractivity contribution in [2.45, 2.75) is 81.8 Å². The summed E-state index contributed by atoms with van der Waals surface area (Å²) in [4.78, 5) is 61.9. The molecule has 2 aromatic rings. The Morgan fingerprint density at radius 2 is 1.42 bits per heavy atom. The summed E-state index contributed by atoms with van der Waals surface area (Å²) in [6.07, 6.45) is 3.86. The minimum atomic E-state index is -1.28. The van der Waals surface area contributed by atoms with Crippen LogP contribution in [0.3, 0.4) is 0 Å². The Morgan fingerprint density at radius 3 is 1.98 bits per heavy atom. The van der Waals surface area contributed by atoms with Crippen LogP contribution < -0.4 is 45.9 Å². The van der Waals surface area contributed by atoms with Gasteiger partial charge in [-0.05, 0) is 50.8 Å². The van der Waals surface area contributed by atoms with Crippen molar-refractivity contribution in [1.29, 1.82) is 0 Å². The lowest BCUT2D eigenvalue weighted by atomic mass is 10.1. The average Bonchev–Trinajstić information content (AvgIpc) is 3.47. The number of para-hydroxylation sites is 1. The summed E-state index contributed by atoms with van der Waals surface area (Å²) in [6, 6.07) is 2.58. The minimum Gasteiger partial charge on any atom is -0.480 e. The molecule has 20 nitrogen and oxygen atoms in total. The van der Waals surface area contributed by atoms with E-state index >= 15 is 0 Å². The van der Waals surface area contributed by atoms with Crippen molar-refractivity contribution >= 4 is 46.7 Å². The zero-order valence-corrected chi connectivity index (χ0v) is 28.0. The zero-order chi connectivity index (χ0) is 38.4. The average molecular weight is 713 g/mol. The number of aliphatic hydroxyl groups is 1. The van der Waals surface area contributed by atoms with Gasteiger partial charge in [-0.3, -0.25) is 19.4 Å². The van der Waals surface area contributed by atoms with Crippen LogP contribution in [0.25, 0.3) is 10.9 Å². The number of fused-ring (bicyclic) bond motifs is 1. The topological polar surface area (TPSA) is 401 Å². The lowest BCUT2D eigenvalue weighted by Gasteiger charge is -2.14. The minimum absolute atomic E-state index is 0.0470. The van der Waals surface area contributed by atoms with Crippen LogP contribution in [0.1, 0.15) is 44.6 Å². The molecule has 1 aromatic heterocycles. The molecule has 20 heteroatoms. The first kappa shape index (κ1) is 45.3. The van der Waals surface area contributed by atoms with Crippen LogP contribution in [0, 0.1) is 0 Å². The van der Waals surface area contributed by atoms with Crippen LogP contribution in [-0.4, -0.2) is 112 Å². The fourth-order valence-electron chi connectivity index (χ4n) is 3.68. The van der Waals surface area contributed by atoms with E-state index < -0.39 is 72.8 Å². The Bertz CT molecular complexity index is 1380. The molecule has 0 amide bonds. The largest absolute Gasteiger partial charge is 0.480 e. The van der Waals surface area contributed by atoms with E-state index in [1.807, 2.05) is 24.3 Å². The molecule has 0 aliphatic rings. The smallest absolute Gasteiger partial charge is 0.333 e. The number of guanidine groups is 1. The van der Waals surface area contributed by atoms with Gasteiger partial charge < -0.3 is 75.6 Å². The van der Waals surface area contributed by atoms with Crippen molar-refractivity contribution in [1.82, 2.24) is 4.98 Å². The fourth-order valence-corrected chi connectivity index (χ4v) is 3.68. The highest BCUT2D eigenvalue weighted by Crippen LogP contribution is 2.19. The van der Waals surface area contributed by atoms with Crippen LogP contribution in [0.2, 0.25) is 0 Å². The fraction of sp³-hybridized carbons (Fsp3) is 0.533. The van der Waals surface area contributed by atoms with Crippen molar-refractivity contribution in [2.75, 3.05) is 19.7 Å². The second kappa shape index (κ2) is 24.4. The number of aliphatic imine (C=N–C) groups is 1. The van der Waals surface area contributed by atoms with Gasteiger partial charge in [0.2, 0.25) is 0 Å². The lowest BCUT2D eigenvalue weighted by Crippen LogP contribution is -2.44. The van der Waals surface area contributed by atoms with Crippen molar-refractivity contribution in [3.8, 4) is 0 Å². The second-order valence-electron chi connectivity index (χ2n) is 11.0. The van der Waals surface area contributed by atoms with E-state index in [1.54, 1.807) is 6.20 Å². The standard InChI is InChI=1S/C14H17N3O4.C10H21N5O4.C6H14N2O2/c15-10(14(20)21-7-11(16)13(18)19)5-8-6-17-12-4-2-1-3-9(8)12;1-5(16)7(12)9(18)19-8(17)6(11)3-2-4-15-10(13)14;7-4-2-1-3-5(8)6(9)10/h1-4,6,10-11,17H,5,7,15-16H2,(H,18,19);5-7,16H,2-4,11-12H2,1H3,(H4,13,14,15);5H,1-4,7-8H2,(H,9,10)/t10-,11-;5-,6+,7+;5-/m010/s1. The number of H-pyrrole nitrogens is 1. The molecule has 20 N–H and O–H groups in total. The molecule has 0 spiro atoms. The maximum Gasteiger partial charge on any atom is 0.333 e. The molecule has 6 atom stereocenters. The summed E-state index contributed by atoms with van der Waals surface area (Å²) >= 11 is 0. The van der Waals surface area contributed by atoms with Gasteiger partial charge in [-0.1, -0.05) is 24.6 Å². The van der Waals surface area contributed by atoms with Gasteiger partial charge in [0.1, 0.15) is 36.8 Å². The Hall–Kier alpha value is -4.70. The van der Waals surface area contributed by atoms with Crippen LogP contribution in [-0.2, 0) is 39.9 Å². The Kier molecular flexibility index (Phi) is 22.1. The molecule has 1 aromatic carbocycles. The summed E-state index contributed by atoms with van der Waals surface area (Å²) in [5, 5.41) is 27.0. The predicted octanol–water partition coefficient (Wildman–Crippen LogP) is -3.33. The first-order chi connectivity index (χ1) is 23.4. The predicted molar refractivity (Wildman–Crippen MR) is 184 cm³/mol. The summed E-state index contributed by atoms with van der Waals surface area (Å²) < 4.78 is 9.25. The van der Waals surface area contributed by atoms with Crippen molar-refractivity contribution in [3.05, 3.63) is 36.0 Å². The summed E-state index contributed by atoms with van der Waals surface area (Å²) in [7, 11) is 0. The number of carboxylic acid groups (broad SMARTS) is 2. The number of hydrogen-bond acceptors (Lipinski definition) is 15. The van der Waals surface area contributed by atoms with Crippen LogP contribution in [0.5, 0.6) is 0 Å². The molecule has 1 heterocycles. The van der Waals surface area contributed by atoms with Crippen LogP contribution >= 0.6 is 0 Å². The van der Waals surface area contributed by atoms with E-state index in [9.17, 15) is 24.0 Å². The van der Waals surface area contributed by atoms with Gasteiger partial charge in [-0.2, -0.15) is 0 Å². The highest BCUT2D eigenvalue weighted by molar-refractivity contribution is 5.91. The number of unbranched alkanes of at least 4 members (excludes halogenated alkanes) is 1. The number of carboxylic acids is 2. The third-order valence-electron chi connectivity index (χ3n) is 6.69. The highest BCUT2D eigenvalue weighted by Gasteiger charge is 2.26. The van der Waals surface area contributed by atoms with Gasteiger partial charge in [0.25, 0.3) is 0 Å². The Balaban J connectivity index is 0.000000766. The first-order valence-corrected chi connectivity index (χ1v) is 15.6. The molecule has 0 unspecified atom stereocenters. The van der Waals surface area contributed by atoms with Gasteiger partial charge in [0.15, 0.2) is 5.96 Å². The molecule has 0 aliphatic carbocycles. The van der Waals surface area contributed by atoms with Gasteiger partial charge in [-0.25, -0.2) is 9.59 Å². The SMILES string of the molecule is C[C@@H](O)[C@H](N)C(=O)OC(=O)[C@@H](N)CCCN=C(N)N.NCCCC[C@H](N)C(=O)O.N[C@@H](COC(=O)[C@@H](N)Cc1c[nH]c2ccccc12)C(=O)O. The first-order valence-electron chi connectivity index (χ1n) is 15.6. The number of benzene rings is 1.